The summed E-state index contributed by atoms with van der Waals surface area (Å²) in [5, 5.41) is 5.66. The fourth-order valence-corrected chi connectivity index (χ4v) is 2.72. The van der Waals surface area contributed by atoms with Crippen molar-refractivity contribution in [3.05, 3.63) is 21.9 Å². The van der Waals surface area contributed by atoms with Crippen LogP contribution in [0.4, 0.5) is 0 Å². The molecule has 2 rings (SSSR count). The van der Waals surface area contributed by atoms with E-state index in [1.54, 1.807) is 0 Å². The van der Waals surface area contributed by atoms with E-state index >= 15 is 0 Å². The average Bonchev–Trinajstić information content (AvgIpc) is 2.72. The van der Waals surface area contributed by atoms with E-state index in [1.807, 2.05) is 11.3 Å². The van der Waals surface area contributed by atoms with E-state index in [9.17, 15) is 0 Å². The largest absolute Gasteiger partial charge is 0.379 e. The van der Waals surface area contributed by atoms with Gasteiger partial charge in [0.25, 0.3) is 0 Å². The zero-order chi connectivity index (χ0) is 11.2. The molecule has 16 heavy (non-hydrogen) atoms. The van der Waals surface area contributed by atoms with Crippen LogP contribution in [0.15, 0.2) is 11.4 Å². The molecule has 3 nitrogen and oxygen atoms in total. The highest BCUT2D eigenvalue weighted by Gasteiger charge is 2.09. The number of hydrogen-bond donors (Lipinski definition) is 1. The highest BCUT2D eigenvalue weighted by molar-refractivity contribution is 7.10. The van der Waals surface area contributed by atoms with E-state index in [4.69, 9.17) is 4.74 Å². The van der Waals surface area contributed by atoms with Gasteiger partial charge in [0, 0.05) is 37.6 Å². The summed E-state index contributed by atoms with van der Waals surface area (Å²) < 4.78 is 5.32. The molecule has 1 fully saturated rings. The first kappa shape index (κ1) is 12.0. The number of thiophene rings is 1. The molecule has 1 N–H and O–H groups in total. The Hall–Kier alpha value is -0.420. The number of morpholine rings is 1. The molecule has 0 bridgehead atoms. The Balaban J connectivity index is 1.59. The molecule has 90 valence electrons. The molecule has 0 radical (unpaired) electrons. The van der Waals surface area contributed by atoms with E-state index in [-0.39, 0.29) is 0 Å². The molecular weight excluding hydrogens is 220 g/mol. The topological polar surface area (TPSA) is 24.5 Å². The van der Waals surface area contributed by atoms with Crippen molar-refractivity contribution in [1.82, 2.24) is 10.2 Å². The van der Waals surface area contributed by atoms with Crippen molar-refractivity contribution in [2.75, 3.05) is 39.4 Å². The third-order valence-corrected chi connectivity index (χ3v) is 3.99. The smallest absolute Gasteiger partial charge is 0.0594 e. The molecule has 0 aliphatic carbocycles. The summed E-state index contributed by atoms with van der Waals surface area (Å²) in [6, 6.07) is 2.18. The molecule has 0 aromatic carbocycles. The van der Waals surface area contributed by atoms with Gasteiger partial charge in [0.15, 0.2) is 0 Å². The minimum Gasteiger partial charge on any atom is -0.379 e. The zero-order valence-electron chi connectivity index (χ0n) is 9.87. The van der Waals surface area contributed by atoms with Gasteiger partial charge >= 0.3 is 0 Å². The lowest BCUT2D eigenvalue weighted by molar-refractivity contribution is 0.0384. The summed E-state index contributed by atoms with van der Waals surface area (Å²) in [7, 11) is 0. The molecule has 0 amide bonds. The van der Waals surface area contributed by atoms with Crippen LogP contribution in [0.25, 0.3) is 0 Å². The average molecular weight is 240 g/mol. The van der Waals surface area contributed by atoms with Crippen molar-refractivity contribution in [2.24, 2.45) is 0 Å². The summed E-state index contributed by atoms with van der Waals surface area (Å²) in [4.78, 5) is 3.92. The normalized spacial score (nSPS) is 17.8. The molecule has 0 atom stereocenters. The van der Waals surface area contributed by atoms with Crippen molar-refractivity contribution in [1.29, 1.82) is 0 Å². The zero-order valence-corrected chi connectivity index (χ0v) is 10.7. The minimum atomic E-state index is 0.893. The van der Waals surface area contributed by atoms with Gasteiger partial charge in [-0.25, -0.2) is 0 Å². The molecule has 1 aliphatic heterocycles. The van der Waals surface area contributed by atoms with Crippen LogP contribution >= 0.6 is 11.3 Å². The maximum Gasteiger partial charge on any atom is 0.0594 e. The van der Waals surface area contributed by atoms with Crippen LogP contribution in [0.2, 0.25) is 0 Å². The predicted octanol–water partition coefficient (Wildman–Crippen LogP) is 1.48. The molecular formula is C12H20N2OS. The Labute approximate surface area is 101 Å². The van der Waals surface area contributed by atoms with Crippen LogP contribution in [-0.4, -0.2) is 44.3 Å². The highest BCUT2D eigenvalue weighted by atomic mass is 32.1. The highest BCUT2D eigenvalue weighted by Crippen LogP contribution is 2.14. The van der Waals surface area contributed by atoms with Crippen LogP contribution < -0.4 is 5.32 Å². The Morgan fingerprint density at radius 1 is 1.44 bits per heavy atom. The Morgan fingerprint density at radius 2 is 2.25 bits per heavy atom. The van der Waals surface area contributed by atoms with E-state index < -0.39 is 0 Å². The van der Waals surface area contributed by atoms with E-state index in [2.05, 4.69) is 28.6 Å². The van der Waals surface area contributed by atoms with E-state index in [0.717, 1.165) is 45.9 Å². The van der Waals surface area contributed by atoms with Crippen LogP contribution in [-0.2, 0) is 11.3 Å². The molecule has 1 aliphatic rings. The van der Waals surface area contributed by atoms with Crippen LogP contribution in [0.1, 0.15) is 10.4 Å². The van der Waals surface area contributed by atoms with Gasteiger partial charge in [-0.1, -0.05) is 0 Å². The first-order valence-electron chi connectivity index (χ1n) is 5.90. The SMILES string of the molecule is Cc1ccsc1CNCCN1CCOCC1. The lowest BCUT2D eigenvalue weighted by Gasteiger charge is -2.26. The summed E-state index contributed by atoms with van der Waals surface area (Å²) in [5.74, 6) is 0. The second-order valence-electron chi connectivity index (χ2n) is 4.16. The van der Waals surface area contributed by atoms with Crippen molar-refractivity contribution in [2.45, 2.75) is 13.5 Å². The second-order valence-corrected chi connectivity index (χ2v) is 5.16. The lowest BCUT2D eigenvalue weighted by atomic mass is 10.3. The molecule has 2 heterocycles. The molecule has 1 aromatic heterocycles. The van der Waals surface area contributed by atoms with Crippen molar-refractivity contribution >= 4 is 11.3 Å². The quantitative estimate of drug-likeness (QED) is 0.789. The fraction of sp³-hybridized carbons (Fsp3) is 0.667. The second kappa shape index (κ2) is 6.35. The van der Waals surface area contributed by atoms with Gasteiger partial charge in [-0.05, 0) is 23.9 Å². The van der Waals surface area contributed by atoms with E-state index in [0.29, 0.717) is 0 Å². The van der Waals surface area contributed by atoms with Crippen LogP contribution in [0.5, 0.6) is 0 Å². The molecule has 1 aromatic rings. The third-order valence-electron chi connectivity index (χ3n) is 2.96. The van der Waals surface area contributed by atoms with Gasteiger partial charge < -0.3 is 10.1 Å². The summed E-state index contributed by atoms with van der Waals surface area (Å²) in [5.41, 5.74) is 1.41. The van der Waals surface area contributed by atoms with Gasteiger partial charge in [0.2, 0.25) is 0 Å². The number of aryl methyl sites for hydroxylation is 1. The van der Waals surface area contributed by atoms with Crippen LogP contribution in [0.3, 0.4) is 0 Å². The number of hydrogen-bond acceptors (Lipinski definition) is 4. The monoisotopic (exact) mass is 240 g/mol. The summed E-state index contributed by atoms with van der Waals surface area (Å²) in [6.45, 7) is 9.34. The molecule has 4 heteroatoms. The number of nitrogens with zero attached hydrogens (tertiary/aromatic N) is 1. The molecule has 0 unspecified atom stereocenters. The van der Waals surface area contributed by atoms with Gasteiger partial charge in [0.1, 0.15) is 0 Å². The van der Waals surface area contributed by atoms with Gasteiger partial charge in [-0.15, -0.1) is 11.3 Å². The van der Waals surface area contributed by atoms with Gasteiger partial charge in [-0.3, -0.25) is 4.90 Å². The maximum absolute atomic E-state index is 5.32. The number of nitrogens with one attached hydrogen (secondary N) is 1. The predicted molar refractivity (Wildman–Crippen MR) is 68.0 cm³/mol. The third kappa shape index (κ3) is 3.56. The minimum absolute atomic E-state index is 0.893. The number of rotatable bonds is 5. The van der Waals surface area contributed by atoms with E-state index in [1.165, 1.54) is 10.4 Å². The standard InChI is InChI=1S/C12H20N2OS/c1-11-2-9-16-12(11)10-13-3-4-14-5-7-15-8-6-14/h2,9,13H,3-8,10H2,1H3. The Kier molecular flexibility index (Phi) is 4.78. The van der Waals surface area contributed by atoms with Crippen LogP contribution in [0, 0.1) is 6.92 Å². The lowest BCUT2D eigenvalue weighted by Crippen LogP contribution is -2.40. The van der Waals surface area contributed by atoms with Gasteiger partial charge in [-0.2, -0.15) is 0 Å². The summed E-state index contributed by atoms with van der Waals surface area (Å²) >= 11 is 1.84. The van der Waals surface area contributed by atoms with Crippen molar-refractivity contribution < 1.29 is 4.74 Å². The Morgan fingerprint density at radius 3 is 2.94 bits per heavy atom. The molecule has 0 saturated carbocycles. The summed E-state index contributed by atoms with van der Waals surface area (Å²) in [6.07, 6.45) is 0. The maximum atomic E-state index is 5.32. The van der Waals surface area contributed by atoms with Gasteiger partial charge in [0.05, 0.1) is 13.2 Å². The first-order valence-corrected chi connectivity index (χ1v) is 6.78. The first-order chi connectivity index (χ1) is 7.86. The molecule has 0 spiro atoms. The molecule has 1 saturated heterocycles. The van der Waals surface area contributed by atoms with Crippen molar-refractivity contribution in [3.8, 4) is 0 Å². The Bertz CT molecular complexity index is 308. The number of ether oxygens (including phenoxy) is 1. The van der Waals surface area contributed by atoms with Crippen molar-refractivity contribution in [3.63, 3.8) is 0 Å². The fourth-order valence-electron chi connectivity index (χ4n) is 1.85.